The highest BCUT2D eigenvalue weighted by Gasteiger charge is 2.14. The van der Waals surface area contributed by atoms with E-state index in [0.717, 1.165) is 29.7 Å². The molecule has 0 aliphatic rings. The van der Waals surface area contributed by atoms with E-state index in [1.54, 1.807) is 0 Å². The highest BCUT2D eigenvalue weighted by Crippen LogP contribution is 2.22. The Bertz CT molecular complexity index is 536. The summed E-state index contributed by atoms with van der Waals surface area (Å²) in [5.41, 5.74) is 8.23. The number of aliphatic hydroxyl groups excluding tert-OH is 2. The second-order valence-corrected chi connectivity index (χ2v) is 4.44. The molecule has 0 bridgehead atoms. The first-order valence-corrected chi connectivity index (χ1v) is 6.19. The molecule has 5 nitrogen and oxygen atoms in total. The minimum absolute atomic E-state index is 0.256. The van der Waals surface area contributed by atoms with Crippen LogP contribution >= 0.6 is 0 Å². The number of benzene rings is 1. The van der Waals surface area contributed by atoms with Crippen LogP contribution in [-0.4, -0.2) is 32.5 Å². The number of aryl methyl sites for hydroxylation is 1. The van der Waals surface area contributed by atoms with Crippen LogP contribution in [0.1, 0.15) is 19.2 Å². The fourth-order valence-electron chi connectivity index (χ4n) is 2.10. The summed E-state index contributed by atoms with van der Waals surface area (Å²) in [5.74, 6) is 0.901. The molecule has 4 N–H and O–H groups in total. The number of anilines is 1. The van der Waals surface area contributed by atoms with E-state index in [0.29, 0.717) is 12.2 Å². The number of imidazole rings is 1. The van der Waals surface area contributed by atoms with Crippen molar-refractivity contribution in [3.05, 3.63) is 24.0 Å². The molecule has 0 saturated carbocycles. The lowest BCUT2D eigenvalue weighted by Crippen LogP contribution is -2.21. The van der Waals surface area contributed by atoms with E-state index in [2.05, 4.69) is 11.9 Å². The van der Waals surface area contributed by atoms with Gasteiger partial charge >= 0.3 is 0 Å². The first kappa shape index (κ1) is 12.9. The predicted octanol–water partition coefficient (Wildman–Crippen LogP) is 0.924. The number of nitrogens with two attached hydrogens (primary N) is 1. The number of hydrogen-bond acceptors (Lipinski definition) is 4. The molecule has 1 aromatic carbocycles. The summed E-state index contributed by atoms with van der Waals surface area (Å²) < 4.78 is 1.94. The number of rotatable bonds is 5. The van der Waals surface area contributed by atoms with Gasteiger partial charge in [-0.1, -0.05) is 13.0 Å². The first-order valence-electron chi connectivity index (χ1n) is 6.19. The summed E-state index contributed by atoms with van der Waals surface area (Å²) in [5, 5.41) is 18.6. The number of fused-ring (bicyclic) bond motifs is 1. The second-order valence-electron chi connectivity index (χ2n) is 4.44. The Balaban J connectivity index is 2.52. The number of para-hydroxylation sites is 1. The van der Waals surface area contributed by atoms with Crippen LogP contribution < -0.4 is 5.73 Å². The second kappa shape index (κ2) is 5.37. The normalized spacial score (nSPS) is 13.1. The Hall–Kier alpha value is -1.59. The molecule has 1 heterocycles. The SMILES string of the molecule is CCCc1nc2c(N)cccc2n1CC(O)CO. The summed E-state index contributed by atoms with van der Waals surface area (Å²) in [6.45, 7) is 2.16. The molecule has 1 aromatic heterocycles. The molecule has 0 spiro atoms. The van der Waals surface area contributed by atoms with Gasteiger partial charge in [0.15, 0.2) is 0 Å². The van der Waals surface area contributed by atoms with E-state index in [-0.39, 0.29) is 6.61 Å². The highest BCUT2D eigenvalue weighted by atomic mass is 16.3. The van der Waals surface area contributed by atoms with Gasteiger partial charge < -0.3 is 20.5 Å². The van der Waals surface area contributed by atoms with Gasteiger partial charge in [-0.25, -0.2) is 4.98 Å². The summed E-state index contributed by atoms with van der Waals surface area (Å²) in [6.07, 6.45) is 1.02. The van der Waals surface area contributed by atoms with Gasteiger partial charge in [-0.15, -0.1) is 0 Å². The lowest BCUT2D eigenvalue weighted by Gasteiger charge is -2.12. The topological polar surface area (TPSA) is 84.3 Å². The van der Waals surface area contributed by atoms with Crippen molar-refractivity contribution in [3.8, 4) is 0 Å². The van der Waals surface area contributed by atoms with Crippen molar-refractivity contribution in [2.24, 2.45) is 0 Å². The van der Waals surface area contributed by atoms with Crippen molar-refractivity contribution in [2.75, 3.05) is 12.3 Å². The van der Waals surface area contributed by atoms with Gasteiger partial charge in [0.05, 0.1) is 30.5 Å². The molecular formula is C13H19N3O2. The van der Waals surface area contributed by atoms with E-state index in [1.165, 1.54) is 0 Å². The van der Waals surface area contributed by atoms with Crippen LogP contribution in [0.3, 0.4) is 0 Å². The standard InChI is InChI=1S/C13H19N3O2/c1-2-4-12-15-13-10(14)5-3-6-11(13)16(12)7-9(18)8-17/h3,5-6,9,17-18H,2,4,7-8,14H2,1H3. The minimum Gasteiger partial charge on any atom is -0.397 e. The quantitative estimate of drug-likeness (QED) is 0.688. The summed E-state index contributed by atoms with van der Waals surface area (Å²) in [4.78, 5) is 4.53. The minimum atomic E-state index is -0.778. The first-order chi connectivity index (χ1) is 8.67. The van der Waals surface area contributed by atoms with Gasteiger partial charge in [0.2, 0.25) is 0 Å². The van der Waals surface area contributed by atoms with Crippen molar-refractivity contribution in [1.29, 1.82) is 0 Å². The Morgan fingerprint density at radius 1 is 1.44 bits per heavy atom. The molecule has 1 atom stereocenters. The van der Waals surface area contributed by atoms with E-state index in [4.69, 9.17) is 10.8 Å². The maximum atomic E-state index is 9.62. The van der Waals surface area contributed by atoms with E-state index in [1.807, 2.05) is 22.8 Å². The van der Waals surface area contributed by atoms with E-state index < -0.39 is 6.10 Å². The lowest BCUT2D eigenvalue weighted by molar-refractivity contribution is 0.0814. The van der Waals surface area contributed by atoms with Crippen molar-refractivity contribution in [3.63, 3.8) is 0 Å². The zero-order chi connectivity index (χ0) is 13.1. The van der Waals surface area contributed by atoms with Gasteiger partial charge in [-0.05, 0) is 18.6 Å². The zero-order valence-corrected chi connectivity index (χ0v) is 10.5. The van der Waals surface area contributed by atoms with Gasteiger partial charge in [0.25, 0.3) is 0 Å². The summed E-state index contributed by atoms with van der Waals surface area (Å²) in [7, 11) is 0. The van der Waals surface area contributed by atoms with Crippen molar-refractivity contribution < 1.29 is 10.2 Å². The third-order valence-electron chi connectivity index (χ3n) is 2.97. The Kier molecular flexibility index (Phi) is 3.84. The molecule has 0 saturated heterocycles. The molecular weight excluding hydrogens is 230 g/mol. The molecule has 5 heteroatoms. The number of aromatic nitrogens is 2. The van der Waals surface area contributed by atoms with Crippen molar-refractivity contribution in [1.82, 2.24) is 9.55 Å². The molecule has 0 radical (unpaired) electrons. The molecule has 1 unspecified atom stereocenters. The fraction of sp³-hybridized carbons (Fsp3) is 0.462. The smallest absolute Gasteiger partial charge is 0.112 e. The van der Waals surface area contributed by atoms with Gasteiger partial charge in [0, 0.05) is 6.42 Å². The Labute approximate surface area is 106 Å². The van der Waals surface area contributed by atoms with Crippen LogP contribution in [0.25, 0.3) is 11.0 Å². The Morgan fingerprint density at radius 2 is 2.22 bits per heavy atom. The number of nitrogen functional groups attached to an aromatic ring is 1. The molecule has 2 aromatic rings. The van der Waals surface area contributed by atoms with E-state index >= 15 is 0 Å². The average molecular weight is 249 g/mol. The van der Waals surface area contributed by atoms with Crippen LogP contribution in [0.4, 0.5) is 5.69 Å². The molecule has 0 aliphatic carbocycles. The maximum Gasteiger partial charge on any atom is 0.112 e. The average Bonchev–Trinajstić information content (AvgIpc) is 2.70. The number of aliphatic hydroxyl groups is 2. The van der Waals surface area contributed by atoms with Crippen LogP contribution in [0.15, 0.2) is 18.2 Å². The fourth-order valence-corrected chi connectivity index (χ4v) is 2.10. The zero-order valence-electron chi connectivity index (χ0n) is 10.5. The molecule has 98 valence electrons. The maximum absolute atomic E-state index is 9.62. The third kappa shape index (κ3) is 2.32. The molecule has 0 fully saturated rings. The predicted molar refractivity (Wildman–Crippen MR) is 71.2 cm³/mol. The number of hydrogen-bond donors (Lipinski definition) is 3. The van der Waals surface area contributed by atoms with Gasteiger partial charge in [-0.3, -0.25) is 0 Å². The number of nitrogens with zero attached hydrogens (tertiary/aromatic N) is 2. The third-order valence-corrected chi connectivity index (χ3v) is 2.97. The van der Waals surface area contributed by atoms with Crippen LogP contribution in [0.5, 0.6) is 0 Å². The monoisotopic (exact) mass is 249 g/mol. The highest BCUT2D eigenvalue weighted by molar-refractivity contribution is 5.87. The van der Waals surface area contributed by atoms with Gasteiger partial charge in [-0.2, -0.15) is 0 Å². The largest absolute Gasteiger partial charge is 0.397 e. The lowest BCUT2D eigenvalue weighted by atomic mass is 10.2. The molecule has 18 heavy (non-hydrogen) atoms. The van der Waals surface area contributed by atoms with E-state index in [9.17, 15) is 5.11 Å². The Morgan fingerprint density at radius 3 is 2.89 bits per heavy atom. The van der Waals surface area contributed by atoms with Crippen LogP contribution in [0, 0.1) is 0 Å². The van der Waals surface area contributed by atoms with Crippen LogP contribution in [-0.2, 0) is 13.0 Å². The molecule has 0 amide bonds. The van der Waals surface area contributed by atoms with Crippen molar-refractivity contribution in [2.45, 2.75) is 32.4 Å². The van der Waals surface area contributed by atoms with Gasteiger partial charge in [0.1, 0.15) is 11.3 Å². The molecule has 2 rings (SSSR count). The molecule has 0 aliphatic heterocycles. The van der Waals surface area contributed by atoms with Crippen molar-refractivity contribution >= 4 is 16.7 Å². The summed E-state index contributed by atoms with van der Waals surface area (Å²) in [6, 6.07) is 5.62. The van der Waals surface area contributed by atoms with Crippen LogP contribution in [0.2, 0.25) is 0 Å². The summed E-state index contributed by atoms with van der Waals surface area (Å²) >= 11 is 0.